The van der Waals surface area contributed by atoms with Gasteiger partial charge < -0.3 is 10.6 Å². The van der Waals surface area contributed by atoms with E-state index in [0.29, 0.717) is 37.8 Å². The van der Waals surface area contributed by atoms with Crippen molar-refractivity contribution in [2.75, 3.05) is 37.6 Å². The van der Waals surface area contributed by atoms with E-state index in [4.69, 9.17) is 11.1 Å². The molecule has 0 aliphatic carbocycles. The van der Waals surface area contributed by atoms with Crippen LogP contribution in [0.5, 0.6) is 0 Å². The molecule has 0 radical (unpaired) electrons. The molecule has 0 aromatic carbocycles. The number of rotatable bonds is 3. The van der Waals surface area contributed by atoms with Crippen molar-refractivity contribution in [2.45, 2.75) is 6.18 Å². The molecule has 1 aromatic heterocycles. The molecule has 1 saturated heterocycles. The molecule has 3 N–H and O–H groups in total. The highest BCUT2D eigenvalue weighted by Gasteiger charge is 2.32. The van der Waals surface area contributed by atoms with Gasteiger partial charge in [0.25, 0.3) is 0 Å². The average molecular weight is 288 g/mol. The van der Waals surface area contributed by atoms with E-state index >= 15 is 0 Å². The lowest BCUT2D eigenvalue weighted by Crippen LogP contribution is -2.49. The highest BCUT2D eigenvalue weighted by Crippen LogP contribution is 2.18. The Morgan fingerprint density at radius 2 is 1.95 bits per heavy atom. The molecule has 6 nitrogen and oxygen atoms in total. The number of amidine groups is 1. The lowest BCUT2D eigenvalue weighted by atomic mass is 10.3. The predicted octanol–water partition coefficient (Wildman–Crippen LogP) is 0.445. The Morgan fingerprint density at radius 1 is 1.30 bits per heavy atom. The number of hydrogen-bond donors (Lipinski definition) is 2. The van der Waals surface area contributed by atoms with Crippen molar-refractivity contribution in [1.82, 2.24) is 14.9 Å². The third kappa shape index (κ3) is 3.80. The van der Waals surface area contributed by atoms with Gasteiger partial charge in [-0.2, -0.15) is 13.2 Å². The smallest absolute Gasteiger partial charge is 0.382 e. The minimum atomic E-state index is -4.17. The average Bonchev–Trinajstić information content (AvgIpc) is 2.38. The Labute approximate surface area is 113 Å². The SMILES string of the molecule is N=C(N)c1ccnc(N2CCN(CC(F)(F)F)CC2)n1. The molecule has 1 aliphatic rings. The van der Waals surface area contributed by atoms with Crippen molar-refractivity contribution in [3.63, 3.8) is 0 Å². The number of hydrogen-bond acceptors (Lipinski definition) is 5. The summed E-state index contributed by atoms with van der Waals surface area (Å²) >= 11 is 0. The van der Waals surface area contributed by atoms with Crippen LogP contribution in [-0.4, -0.2) is 59.6 Å². The third-order valence-electron chi connectivity index (χ3n) is 2.98. The molecule has 1 fully saturated rings. The molecule has 1 aromatic rings. The molecule has 2 rings (SSSR count). The standard InChI is InChI=1S/C11H15F3N6/c12-11(13,14)7-19-3-5-20(6-4-19)10-17-2-1-8(18-10)9(15)16/h1-2H,3-7H2,(H3,15,16). The predicted molar refractivity (Wildman–Crippen MR) is 67.8 cm³/mol. The number of aromatic nitrogens is 2. The second kappa shape index (κ2) is 5.61. The Bertz CT molecular complexity index is 481. The third-order valence-corrected chi connectivity index (χ3v) is 2.98. The van der Waals surface area contributed by atoms with Gasteiger partial charge >= 0.3 is 6.18 Å². The Hall–Kier alpha value is -1.90. The van der Waals surface area contributed by atoms with Crippen LogP contribution in [0.15, 0.2) is 12.3 Å². The van der Waals surface area contributed by atoms with Gasteiger partial charge in [-0.3, -0.25) is 10.3 Å². The summed E-state index contributed by atoms with van der Waals surface area (Å²) in [7, 11) is 0. The second-order valence-corrected chi connectivity index (χ2v) is 4.53. The van der Waals surface area contributed by atoms with Gasteiger partial charge in [-0.25, -0.2) is 9.97 Å². The number of alkyl halides is 3. The lowest BCUT2D eigenvalue weighted by molar-refractivity contribution is -0.146. The van der Waals surface area contributed by atoms with Gasteiger partial charge in [0.2, 0.25) is 5.95 Å². The molecular weight excluding hydrogens is 273 g/mol. The molecule has 20 heavy (non-hydrogen) atoms. The highest BCUT2D eigenvalue weighted by atomic mass is 19.4. The number of nitrogen functional groups attached to an aromatic ring is 1. The first-order valence-corrected chi connectivity index (χ1v) is 6.06. The van der Waals surface area contributed by atoms with E-state index in [0.717, 1.165) is 0 Å². The quantitative estimate of drug-likeness (QED) is 0.623. The van der Waals surface area contributed by atoms with E-state index in [1.165, 1.54) is 17.2 Å². The number of halogens is 3. The summed E-state index contributed by atoms with van der Waals surface area (Å²) in [5.41, 5.74) is 5.66. The highest BCUT2D eigenvalue weighted by molar-refractivity contribution is 5.93. The van der Waals surface area contributed by atoms with Crippen molar-refractivity contribution < 1.29 is 13.2 Å². The molecule has 0 bridgehead atoms. The molecule has 9 heteroatoms. The number of anilines is 1. The van der Waals surface area contributed by atoms with Crippen LogP contribution in [0.1, 0.15) is 5.69 Å². The molecule has 0 saturated carbocycles. The summed E-state index contributed by atoms with van der Waals surface area (Å²) in [6, 6.07) is 1.52. The summed E-state index contributed by atoms with van der Waals surface area (Å²) in [6.07, 6.45) is -2.69. The van der Waals surface area contributed by atoms with Crippen LogP contribution in [0.4, 0.5) is 19.1 Å². The van der Waals surface area contributed by atoms with Crippen LogP contribution in [0, 0.1) is 5.41 Å². The summed E-state index contributed by atoms with van der Waals surface area (Å²) in [4.78, 5) is 11.3. The van der Waals surface area contributed by atoms with Gasteiger partial charge in [-0.1, -0.05) is 0 Å². The van der Waals surface area contributed by atoms with Gasteiger partial charge in [-0.15, -0.1) is 0 Å². The maximum atomic E-state index is 12.3. The maximum absolute atomic E-state index is 12.3. The molecule has 0 spiro atoms. The fourth-order valence-electron chi connectivity index (χ4n) is 2.01. The minimum Gasteiger partial charge on any atom is -0.382 e. The molecular formula is C11H15F3N6. The van der Waals surface area contributed by atoms with E-state index in [-0.39, 0.29) is 5.84 Å². The van der Waals surface area contributed by atoms with E-state index in [1.54, 1.807) is 4.90 Å². The van der Waals surface area contributed by atoms with Crippen LogP contribution < -0.4 is 10.6 Å². The fraction of sp³-hybridized carbons (Fsp3) is 0.545. The van der Waals surface area contributed by atoms with E-state index in [1.807, 2.05) is 0 Å². The zero-order valence-corrected chi connectivity index (χ0v) is 10.7. The van der Waals surface area contributed by atoms with E-state index in [9.17, 15) is 13.2 Å². The zero-order chi connectivity index (χ0) is 14.8. The second-order valence-electron chi connectivity index (χ2n) is 4.53. The molecule has 2 heterocycles. The van der Waals surface area contributed by atoms with Crippen LogP contribution in [-0.2, 0) is 0 Å². The fourth-order valence-corrected chi connectivity index (χ4v) is 2.01. The van der Waals surface area contributed by atoms with E-state index in [2.05, 4.69) is 9.97 Å². The summed E-state index contributed by atoms with van der Waals surface area (Å²) < 4.78 is 36.9. The minimum absolute atomic E-state index is 0.163. The van der Waals surface area contributed by atoms with Crippen LogP contribution >= 0.6 is 0 Å². The van der Waals surface area contributed by atoms with E-state index < -0.39 is 12.7 Å². The largest absolute Gasteiger partial charge is 0.401 e. The van der Waals surface area contributed by atoms with Crippen LogP contribution in [0.3, 0.4) is 0 Å². The van der Waals surface area contributed by atoms with Crippen molar-refractivity contribution in [3.8, 4) is 0 Å². The number of nitrogens with one attached hydrogen (secondary N) is 1. The topological polar surface area (TPSA) is 82.1 Å². The first-order valence-electron chi connectivity index (χ1n) is 6.06. The Morgan fingerprint density at radius 3 is 2.50 bits per heavy atom. The van der Waals surface area contributed by atoms with Crippen LogP contribution in [0.2, 0.25) is 0 Å². The Kier molecular flexibility index (Phi) is 4.07. The van der Waals surface area contributed by atoms with Crippen LogP contribution in [0.25, 0.3) is 0 Å². The molecule has 110 valence electrons. The molecule has 0 amide bonds. The first kappa shape index (κ1) is 14.5. The van der Waals surface area contributed by atoms with Crippen molar-refractivity contribution in [1.29, 1.82) is 5.41 Å². The summed E-state index contributed by atoms with van der Waals surface area (Å²) in [5.74, 6) is 0.230. The first-order chi connectivity index (χ1) is 9.35. The summed E-state index contributed by atoms with van der Waals surface area (Å²) in [5, 5.41) is 7.31. The monoisotopic (exact) mass is 288 g/mol. The van der Waals surface area contributed by atoms with Crippen molar-refractivity contribution in [3.05, 3.63) is 18.0 Å². The number of nitrogens with zero attached hydrogens (tertiary/aromatic N) is 4. The van der Waals surface area contributed by atoms with Gasteiger partial charge in [0.15, 0.2) is 0 Å². The molecule has 0 unspecified atom stereocenters. The molecule has 0 atom stereocenters. The number of nitrogens with two attached hydrogens (primary N) is 1. The molecule has 1 aliphatic heterocycles. The Balaban J connectivity index is 1.97. The van der Waals surface area contributed by atoms with Gasteiger partial charge in [0.1, 0.15) is 11.5 Å². The van der Waals surface area contributed by atoms with Gasteiger partial charge in [-0.05, 0) is 6.07 Å². The lowest BCUT2D eigenvalue weighted by Gasteiger charge is -2.34. The van der Waals surface area contributed by atoms with Gasteiger partial charge in [0.05, 0.1) is 6.54 Å². The normalized spacial score (nSPS) is 17.2. The number of piperazine rings is 1. The van der Waals surface area contributed by atoms with Crippen molar-refractivity contribution >= 4 is 11.8 Å². The maximum Gasteiger partial charge on any atom is 0.401 e. The van der Waals surface area contributed by atoms with Crippen molar-refractivity contribution in [2.24, 2.45) is 5.73 Å². The summed E-state index contributed by atoms with van der Waals surface area (Å²) in [6.45, 7) is 0.532. The zero-order valence-electron chi connectivity index (χ0n) is 10.7. The van der Waals surface area contributed by atoms with Gasteiger partial charge in [0, 0.05) is 32.4 Å².